The lowest BCUT2D eigenvalue weighted by Crippen LogP contribution is -2.20. The monoisotopic (exact) mass is 461 g/mol. The number of alkyl halides is 2. The van der Waals surface area contributed by atoms with Gasteiger partial charge in [0.05, 0.1) is 23.3 Å². The molecule has 0 aliphatic heterocycles. The van der Waals surface area contributed by atoms with Gasteiger partial charge in [-0.2, -0.15) is 0 Å². The van der Waals surface area contributed by atoms with Gasteiger partial charge in [-0.25, -0.2) is 18.7 Å². The molecule has 2 heterocycles. The Morgan fingerprint density at radius 3 is 2.52 bits per heavy atom. The zero-order valence-corrected chi connectivity index (χ0v) is 19.8. The van der Waals surface area contributed by atoms with E-state index >= 15 is 0 Å². The standard InChI is InChI=1S/C19H19F2N5O.C3H8O.C2H6/c1-10-18(23-8-15(20)21)26-16-12(3-2-4-13(16)24-10)14-7-11(9-27)17(25-14)19(22)5-6-19;1-3-4-2;1-2/h2-4,7,9,15,25H,5-6,8,22H2,1H3,(H,23,26);3H2,1-2H3;1-2H3. The van der Waals surface area contributed by atoms with Crippen LogP contribution in [-0.4, -0.2) is 47.9 Å². The fourth-order valence-corrected chi connectivity index (χ4v) is 3.23. The Hall–Kier alpha value is -2.91. The number of benzene rings is 1. The van der Waals surface area contributed by atoms with Crippen LogP contribution in [-0.2, 0) is 10.3 Å². The summed E-state index contributed by atoms with van der Waals surface area (Å²) in [7, 11) is 1.68. The number of carbonyl (C=O) groups is 1. The van der Waals surface area contributed by atoms with Crippen molar-refractivity contribution in [2.45, 2.75) is 52.5 Å². The van der Waals surface area contributed by atoms with Crippen LogP contribution in [0.5, 0.6) is 0 Å². The van der Waals surface area contributed by atoms with E-state index in [1.165, 1.54) is 0 Å². The number of para-hydroxylation sites is 1. The summed E-state index contributed by atoms with van der Waals surface area (Å²) in [4.78, 5) is 23.7. The number of hydrogen-bond donors (Lipinski definition) is 3. The van der Waals surface area contributed by atoms with E-state index in [0.717, 1.165) is 37.0 Å². The number of aryl methyl sites for hydroxylation is 1. The average Bonchev–Trinajstić information content (AvgIpc) is 3.41. The highest BCUT2D eigenvalue weighted by Crippen LogP contribution is 2.44. The summed E-state index contributed by atoms with van der Waals surface area (Å²) in [5.74, 6) is 0.315. The van der Waals surface area contributed by atoms with E-state index in [0.29, 0.717) is 33.8 Å². The number of nitrogens with two attached hydrogens (primary N) is 1. The van der Waals surface area contributed by atoms with E-state index in [4.69, 9.17) is 5.73 Å². The number of nitrogens with one attached hydrogen (secondary N) is 2. The second-order valence-electron chi connectivity index (χ2n) is 7.47. The van der Waals surface area contributed by atoms with Crippen LogP contribution in [0.3, 0.4) is 0 Å². The van der Waals surface area contributed by atoms with Gasteiger partial charge in [0, 0.05) is 36.2 Å². The molecule has 1 fully saturated rings. The van der Waals surface area contributed by atoms with E-state index in [1.54, 1.807) is 20.1 Å². The molecule has 7 nitrogen and oxygen atoms in total. The molecule has 1 aromatic carbocycles. The van der Waals surface area contributed by atoms with Gasteiger partial charge in [-0.15, -0.1) is 0 Å². The molecular weight excluding hydrogens is 428 g/mol. The van der Waals surface area contributed by atoms with Crippen molar-refractivity contribution in [1.82, 2.24) is 15.0 Å². The van der Waals surface area contributed by atoms with Gasteiger partial charge < -0.3 is 20.8 Å². The molecule has 0 amide bonds. The summed E-state index contributed by atoms with van der Waals surface area (Å²) < 4.78 is 29.6. The molecule has 0 saturated heterocycles. The lowest BCUT2D eigenvalue weighted by Gasteiger charge is -2.11. The van der Waals surface area contributed by atoms with Gasteiger partial charge in [0.15, 0.2) is 6.29 Å². The first-order chi connectivity index (χ1) is 15.8. The van der Waals surface area contributed by atoms with Crippen molar-refractivity contribution in [3.63, 3.8) is 0 Å². The third kappa shape index (κ3) is 6.33. The summed E-state index contributed by atoms with van der Waals surface area (Å²) in [5.41, 5.74) is 10.2. The molecule has 33 heavy (non-hydrogen) atoms. The van der Waals surface area contributed by atoms with Gasteiger partial charge in [-0.05, 0) is 38.8 Å². The second-order valence-corrected chi connectivity index (χ2v) is 7.47. The number of aromatic nitrogens is 3. The van der Waals surface area contributed by atoms with Crippen molar-refractivity contribution in [2.75, 3.05) is 25.6 Å². The lowest BCUT2D eigenvalue weighted by atomic mass is 10.1. The number of methoxy groups -OCH3 is 1. The number of aromatic amines is 1. The van der Waals surface area contributed by atoms with Crippen LogP contribution >= 0.6 is 0 Å². The molecule has 1 saturated carbocycles. The van der Waals surface area contributed by atoms with Gasteiger partial charge >= 0.3 is 0 Å². The van der Waals surface area contributed by atoms with Crippen LogP contribution in [0.4, 0.5) is 14.6 Å². The predicted molar refractivity (Wildman–Crippen MR) is 128 cm³/mol. The third-order valence-electron chi connectivity index (χ3n) is 5.13. The zero-order valence-electron chi connectivity index (χ0n) is 19.8. The molecule has 0 bridgehead atoms. The molecule has 1 aliphatic rings. The van der Waals surface area contributed by atoms with E-state index in [-0.39, 0.29) is 0 Å². The van der Waals surface area contributed by atoms with Crippen LogP contribution in [0, 0.1) is 6.92 Å². The number of carbonyl (C=O) groups excluding carboxylic acids is 1. The van der Waals surface area contributed by atoms with Crippen LogP contribution in [0.2, 0.25) is 0 Å². The van der Waals surface area contributed by atoms with Crippen molar-refractivity contribution in [2.24, 2.45) is 5.73 Å². The highest BCUT2D eigenvalue weighted by atomic mass is 19.3. The summed E-state index contributed by atoms with van der Waals surface area (Å²) in [6, 6.07) is 7.25. The van der Waals surface area contributed by atoms with Gasteiger partial charge in [0.2, 0.25) is 0 Å². The maximum Gasteiger partial charge on any atom is 0.255 e. The first kappa shape index (κ1) is 26.3. The normalized spacial score (nSPS) is 13.6. The largest absolute Gasteiger partial charge is 0.385 e. The van der Waals surface area contributed by atoms with Crippen LogP contribution < -0.4 is 11.1 Å². The summed E-state index contributed by atoms with van der Waals surface area (Å²) in [5, 5.41) is 2.64. The molecular formula is C24H33F2N5O2. The number of rotatable bonds is 7. The van der Waals surface area contributed by atoms with Gasteiger partial charge in [0.25, 0.3) is 6.43 Å². The Morgan fingerprint density at radius 2 is 1.97 bits per heavy atom. The molecule has 180 valence electrons. The summed E-state index contributed by atoms with van der Waals surface area (Å²) in [6.07, 6.45) is -0.0510. The Balaban J connectivity index is 0.000000582. The number of nitrogens with zero attached hydrogens (tertiary/aromatic N) is 2. The van der Waals surface area contributed by atoms with Crippen molar-refractivity contribution in [1.29, 1.82) is 0 Å². The number of fused-ring (bicyclic) bond motifs is 1. The highest BCUT2D eigenvalue weighted by Gasteiger charge is 2.43. The Kier molecular flexibility index (Phi) is 9.43. The molecule has 0 spiro atoms. The Morgan fingerprint density at radius 1 is 1.30 bits per heavy atom. The van der Waals surface area contributed by atoms with E-state index in [1.807, 2.05) is 39.0 Å². The van der Waals surface area contributed by atoms with Crippen molar-refractivity contribution in [3.05, 3.63) is 41.2 Å². The maximum atomic E-state index is 12.6. The Labute approximate surface area is 193 Å². The molecule has 0 unspecified atom stereocenters. The van der Waals surface area contributed by atoms with E-state index in [9.17, 15) is 13.6 Å². The van der Waals surface area contributed by atoms with E-state index in [2.05, 4.69) is 25.0 Å². The third-order valence-corrected chi connectivity index (χ3v) is 5.13. The molecule has 1 aliphatic carbocycles. The number of halogens is 2. The minimum absolute atomic E-state index is 0.315. The van der Waals surface area contributed by atoms with Crippen LogP contribution in [0.1, 0.15) is 55.4 Å². The molecule has 0 radical (unpaired) electrons. The molecule has 3 aromatic rings. The van der Waals surface area contributed by atoms with Crippen molar-refractivity contribution < 1.29 is 18.3 Å². The van der Waals surface area contributed by atoms with Gasteiger partial charge in [-0.1, -0.05) is 26.0 Å². The topological polar surface area (TPSA) is 106 Å². The van der Waals surface area contributed by atoms with Crippen molar-refractivity contribution in [3.8, 4) is 11.3 Å². The number of ether oxygens (including phenoxy) is 1. The first-order valence-corrected chi connectivity index (χ1v) is 11.1. The van der Waals surface area contributed by atoms with Crippen LogP contribution in [0.15, 0.2) is 24.3 Å². The van der Waals surface area contributed by atoms with Crippen molar-refractivity contribution >= 4 is 23.1 Å². The maximum absolute atomic E-state index is 12.6. The lowest BCUT2D eigenvalue weighted by molar-refractivity contribution is 0.112. The molecule has 9 heteroatoms. The van der Waals surface area contributed by atoms with Gasteiger partial charge in [-0.3, -0.25) is 4.79 Å². The fourth-order valence-electron chi connectivity index (χ4n) is 3.23. The summed E-state index contributed by atoms with van der Waals surface area (Å²) >= 11 is 0. The van der Waals surface area contributed by atoms with Gasteiger partial charge in [0.1, 0.15) is 11.3 Å². The molecule has 4 N–H and O–H groups in total. The molecule has 2 aromatic heterocycles. The minimum atomic E-state index is -2.49. The number of anilines is 1. The molecule has 0 atom stereocenters. The zero-order chi connectivity index (χ0) is 24.6. The highest BCUT2D eigenvalue weighted by molar-refractivity contribution is 5.93. The molecule has 4 rings (SSSR count). The Bertz CT molecular complexity index is 1060. The number of aldehydes is 1. The predicted octanol–water partition coefficient (Wildman–Crippen LogP) is 5.05. The number of hydrogen-bond acceptors (Lipinski definition) is 6. The second kappa shape index (κ2) is 11.8. The quantitative estimate of drug-likeness (QED) is 0.425. The number of H-pyrrole nitrogens is 1. The van der Waals surface area contributed by atoms with Crippen LogP contribution in [0.25, 0.3) is 22.3 Å². The van der Waals surface area contributed by atoms with E-state index < -0.39 is 18.5 Å². The smallest absolute Gasteiger partial charge is 0.255 e. The fraction of sp³-hybridized carbons (Fsp3) is 0.458. The minimum Gasteiger partial charge on any atom is -0.385 e. The SMILES string of the molecule is CC.CCOC.Cc1nc2cccc(-c3cc(C=O)c(C4(N)CC4)[nH]3)c2nc1NCC(F)F. The summed E-state index contributed by atoms with van der Waals surface area (Å²) in [6.45, 7) is 8.00. The average molecular weight is 462 g/mol. The first-order valence-electron chi connectivity index (χ1n) is 11.1.